The monoisotopic (exact) mass is 455 g/mol. The van der Waals surface area contributed by atoms with Crippen molar-refractivity contribution < 1.29 is 9.18 Å². The highest BCUT2D eigenvalue weighted by Gasteiger charge is 2.44. The van der Waals surface area contributed by atoms with E-state index < -0.39 is 7.26 Å². The van der Waals surface area contributed by atoms with Crippen LogP contribution in [0.15, 0.2) is 115 Å². The van der Waals surface area contributed by atoms with Crippen molar-refractivity contribution in [3.8, 4) is 0 Å². The van der Waals surface area contributed by atoms with Crippen LogP contribution in [0.4, 0.5) is 4.39 Å². The first kappa shape index (κ1) is 22.9. The van der Waals surface area contributed by atoms with Crippen LogP contribution < -0.4 is 21.2 Å². The highest BCUT2D eigenvalue weighted by molar-refractivity contribution is 7.95. The van der Waals surface area contributed by atoms with E-state index in [4.69, 9.17) is 0 Å². The number of hydrogen-bond acceptors (Lipinski definition) is 1. The standard InChI is InChI=1S/C29H27FNOP/c30-25-20-18-24(19-21-25)23-31-29(32)17-10-22-33(26-11-4-1-5-12-26,27-13-6-2-7-14-27)28-15-8-3-9-16-28/h1-9,11-16,18-21H,10,17,22-23H2/p+1/i30-1. The van der Waals surface area contributed by atoms with Crippen molar-refractivity contribution in [1.82, 2.24) is 5.32 Å². The Kier molecular flexibility index (Phi) is 7.65. The molecule has 4 heteroatoms. The molecule has 0 aliphatic heterocycles. The maximum Gasteiger partial charge on any atom is 0.220 e. The summed E-state index contributed by atoms with van der Waals surface area (Å²) < 4.78 is 13.1. The zero-order chi connectivity index (χ0) is 22.9. The molecule has 0 fully saturated rings. The Hall–Kier alpha value is -3.29. The second kappa shape index (κ2) is 11.0. The zero-order valence-corrected chi connectivity index (χ0v) is 19.4. The lowest BCUT2D eigenvalue weighted by molar-refractivity contribution is -0.121. The van der Waals surface area contributed by atoms with Crippen LogP contribution in [0.3, 0.4) is 0 Å². The summed E-state index contributed by atoms with van der Waals surface area (Å²) in [5.41, 5.74) is 0.893. The van der Waals surface area contributed by atoms with E-state index in [1.807, 2.05) is 0 Å². The van der Waals surface area contributed by atoms with Gasteiger partial charge in [0.1, 0.15) is 29.0 Å². The summed E-state index contributed by atoms with van der Waals surface area (Å²) in [6, 6.07) is 38.4. The molecule has 1 amide bonds. The molecule has 0 spiro atoms. The Labute approximate surface area is 195 Å². The van der Waals surface area contributed by atoms with E-state index in [1.165, 1.54) is 28.0 Å². The fourth-order valence-electron chi connectivity index (χ4n) is 4.25. The molecule has 0 atom stereocenters. The Bertz CT molecular complexity index is 1050. The number of hydrogen-bond donors (Lipinski definition) is 1. The second-order valence-electron chi connectivity index (χ2n) is 8.05. The van der Waals surface area contributed by atoms with Crippen LogP contribution in [0.25, 0.3) is 0 Å². The number of halogens is 1. The average molecular weight is 456 g/mol. The van der Waals surface area contributed by atoms with Gasteiger partial charge in [0.15, 0.2) is 0 Å². The molecular weight excluding hydrogens is 427 g/mol. The van der Waals surface area contributed by atoms with E-state index >= 15 is 0 Å². The lowest BCUT2D eigenvalue weighted by Crippen LogP contribution is -2.34. The van der Waals surface area contributed by atoms with Gasteiger partial charge in [-0.05, 0) is 60.5 Å². The largest absolute Gasteiger partial charge is 0.352 e. The van der Waals surface area contributed by atoms with E-state index in [0.717, 1.165) is 18.1 Å². The van der Waals surface area contributed by atoms with E-state index in [0.29, 0.717) is 13.0 Å². The molecule has 0 saturated heterocycles. The molecule has 0 aliphatic carbocycles. The van der Waals surface area contributed by atoms with Crippen molar-refractivity contribution in [3.63, 3.8) is 0 Å². The number of rotatable bonds is 9. The Morgan fingerprint density at radius 2 is 1.12 bits per heavy atom. The Balaban J connectivity index is 1.55. The molecule has 4 aromatic carbocycles. The van der Waals surface area contributed by atoms with Crippen LogP contribution in [0.1, 0.15) is 18.4 Å². The molecule has 2 nitrogen and oxygen atoms in total. The minimum Gasteiger partial charge on any atom is -0.352 e. The lowest BCUT2D eigenvalue weighted by atomic mass is 10.2. The Morgan fingerprint density at radius 3 is 1.58 bits per heavy atom. The van der Waals surface area contributed by atoms with Gasteiger partial charge in [0, 0.05) is 13.0 Å². The maximum atomic E-state index is 13.1. The van der Waals surface area contributed by atoms with Gasteiger partial charge in [0.05, 0.1) is 6.16 Å². The number of carbonyl (C=O) groups excluding carboxylic acids is 1. The van der Waals surface area contributed by atoms with Crippen LogP contribution >= 0.6 is 7.26 Å². The van der Waals surface area contributed by atoms with Gasteiger partial charge in [0.25, 0.3) is 0 Å². The van der Waals surface area contributed by atoms with Gasteiger partial charge in [-0.3, -0.25) is 4.79 Å². The van der Waals surface area contributed by atoms with E-state index in [-0.39, 0.29) is 11.7 Å². The summed E-state index contributed by atoms with van der Waals surface area (Å²) in [7, 11) is -1.91. The van der Waals surface area contributed by atoms with Gasteiger partial charge in [-0.15, -0.1) is 0 Å². The first-order valence-electron chi connectivity index (χ1n) is 11.2. The molecule has 4 aromatic rings. The van der Waals surface area contributed by atoms with E-state index in [9.17, 15) is 9.18 Å². The third-order valence-corrected chi connectivity index (χ3v) is 10.4. The van der Waals surface area contributed by atoms with Crippen LogP contribution in [0.2, 0.25) is 0 Å². The molecule has 1 N–H and O–H groups in total. The zero-order valence-electron chi connectivity index (χ0n) is 18.5. The molecule has 0 radical (unpaired) electrons. The molecule has 0 saturated carbocycles. The topological polar surface area (TPSA) is 29.1 Å². The SMILES string of the molecule is O=C(CCC[P+](c1ccccc1)(c1ccccc1)c1ccccc1)NCc1ccc([18F])cc1. The molecule has 0 heterocycles. The van der Waals surface area contributed by atoms with Gasteiger partial charge in [-0.25, -0.2) is 4.39 Å². The van der Waals surface area contributed by atoms with E-state index in [1.54, 1.807) is 12.1 Å². The van der Waals surface area contributed by atoms with Gasteiger partial charge < -0.3 is 5.32 Å². The molecular formula is C29H28FNOP+. The van der Waals surface area contributed by atoms with Crippen LogP contribution in [-0.4, -0.2) is 12.1 Å². The first-order chi connectivity index (χ1) is 16.2. The first-order valence-corrected chi connectivity index (χ1v) is 13.2. The van der Waals surface area contributed by atoms with Gasteiger partial charge in [-0.1, -0.05) is 66.7 Å². The van der Waals surface area contributed by atoms with E-state index in [2.05, 4.69) is 96.3 Å². The van der Waals surface area contributed by atoms with Crippen molar-refractivity contribution in [2.75, 3.05) is 6.16 Å². The van der Waals surface area contributed by atoms with Gasteiger partial charge in [0.2, 0.25) is 5.91 Å². The normalized spacial score (nSPS) is 11.2. The van der Waals surface area contributed by atoms with Gasteiger partial charge >= 0.3 is 0 Å². The molecule has 0 aliphatic rings. The van der Waals surface area contributed by atoms with Crippen molar-refractivity contribution in [1.29, 1.82) is 0 Å². The molecule has 4 rings (SSSR count). The van der Waals surface area contributed by atoms with Crippen molar-refractivity contribution in [2.24, 2.45) is 0 Å². The van der Waals surface area contributed by atoms with Crippen molar-refractivity contribution in [2.45, 2.75) is 19.4 Å². The summed E-state index contributed by atoms with van der Waals surface area (Å²) in [5.74, 6) is -0.250. The summed E-state index contributed by atoms with van der Waals surface area (Å²) >= 11 is 0. The minimum absolute atomic E-state index is 0.0200. The smallest absolute Gasteiger partial charge is 0.220 e. The summed E-state index contributed by atoms with van der Waals surface area (Å²) in [5, 5.41) is 6.96. The number of amides is 1. The number of carbonyl (C=O) groups is 1. The predicted octanol–water partition coefficient (Wildman–Crippen LogP) is 5.22. The fraction of sp³-hybridized carbons (Fsp3) is 0.138. The summed E-state index contributed by atoms with van der Waals surface area (Å²) in [6.07, 6.45) is 2.15. The molecule has 33 heavy (non-hydrogen) atoms. The highest BCUT2D eigenvalue weighted by Crippen LogP contribution is 2.55. The molecule has 166 valence electrons. The van der Waals surface area contributed by atoms with Crippen molar-refractivity contribution >= 4 is 29.1 Å². The molecule has 0 aromatic heterocycles. The third-order valence-electron chi connectivity index (χ3n) is 5.89. The predicted molar refractivity (Wildman–Crippen MR) is 137 cm³/mol. The summed E-state index contributed by atoms with van der Waals surface area (Å²) in [6.45, 7) is 0.412. The molecule has 0 bridgehead atoms. The molecule has 0 unspecified atom stereocenters. The van der Waals surface area contributed by atoms with Crippen molar-refractivity contribution in [3.05, 3.63) is 127 Å². The highest BCUT2D eigenvalue weighted by atomic mass is 31.2. The van der Waals surface area contributed by atoms with Crippen LogP contribution in [0, 0.1) is 5.82 Å². The lowest BCUT2D eigenvalue weighted by Gasteiger charge is -2.27. The Morgan fingerprint density at radius 1 is 0.667 bits per heavy atom. The average Bonchev–Trinajstić information content (AvgIpc) is 2.88. The van der Waals surface area contributed by atoms with Gasteiger partial charge in [-0.2, -0.15) is 0 Å². The second-order valence-corrected chi connectivity index (χ2v) is 11.7. The fourth-order valence-corrected chi connectivity index (χ4v) is 8.59. The minimum atomic E-state index is -1.91. The van der Waals surface area contributed by atoms with Crippen LogP contribution in [-0.2, 0) is 11.3 Å². The number of benzene rings is 4. The quantitative estimate of drug-likeness (QED) is 0.345. The maximum absolute atomic E-state index is 13.1. The third kappa shape index (κ3) is 5.56. The number of nitrogens with one attached hydrogen (secondary N) is 1. The van der Waals surface area contributed by atoms with Crippen LogP contribution in [0.5, 0.6) is 0 Å². The summed E-state index contributed by atoms with van der Waals surface area (Å²) in [4.78, 5) is 12.6.